The Kier molecular flexibility index (Phi) is 3.53. The maximum Gasteiger partial charge on any atom is 0.255 e. The highest BCUT2D eigenvalue weighted by atomic mass is 35.5. The Labute approximate surface area is 128 Å². The molecule has 0 aliphatic rings. The van der Waals surface area contributed by atoms with Gasteiger partial charge in [0.15, 0.2) is 0 Å². The minimum absolute atomic E-state index is 0.0379. The smallest absolute Gasteiger partial charge is 0.255 e. The number of carbonyl (C=O) groups excluding carboxylic acids is 1. The van der Waals surface area contributed by atoms with E-state index in [2.05, 4.69) is 15.3 Å². The lowest BCUT2D eigenvalue weighted by Gasteiger charge is -2.09. The monoisotopic (exact) mass is 323 g/mol. The van der Waals surface area contributed by atoms with E-state index in [-0.39, 0.29) is 15.7 Å². The Morgan fingerprint density at radius 1 is 1.19 bits per heavy atom. The Morgan fingerprint density at radius 3 is 2.62 bits per heavy atom. The molecule has 0 saturated heterocycles. The number of aromatic nitrogens is 2. The van der Waals surface area contributed by atoms with Crippen molar-refractivity contribution in [2.24, 2.45) is 0 Å². The van der Waals surface area contributed by atoms with Crippen molar-refractivity contribution in [3.63, 3.8) is 0 Å². The number of benzene rings is 2. The Hall–Kier alpha value is -2.11. The Bertz CT molecular complexity index is 824. The predicted molar refractivity (Wildman–Crippen MR) is 80.5 cm³/mol. The standard InChI is InChI=1S/C14H8Cl2FN3O/c15-9-4-8(17)5-10(16)13(9)20-14(21)7-1-2-11-12(3-7)19-6-18-11/h1-6H,(H,18,19)(H,20,21). The SMILES string of the molecule is O=C(Nc1c(Cl)cc(F)cc1Cl)c1ccc2nc[nH]c2c1. The molecule has 0 fully saturated rings. The average Bonchev–Trinajstić information content (AvgIpc) is 2.89. The summed E-state index contributed by atoms with van der Waals surface area (Å²) in [6.07, 6.45) is 1.54. The van der Waals surface area contributed by atoms with E-state index in [1.165, 1.54) is 0 Å². The lowest BCUT2D eigenvalue weighted by atomic mass is 10.2. The number of nitrogens with one attached hydrogen (secondary N) is 2. The highest BCUT2D eigenvalue weighted by Crippen LogP contribution is 2.31. The Balaban J connectivity index is 1.92. The number of imidazole rings is 1. The fraction of sp³-hybridized carbons (Fsp3) is 0. The number of hydrogen-bond donors (Lipinski definition) is 2. The van der Waals surface area contributed by atoms with Crippen molar-refractivity contribution in [3.05, 3.63) is 58.1 Å². The molecule has 0 radical (unpaired) electrons. The van der Waals surface area contributed by atoms with Gasteiger partial charge >= 0.3 is 0 Å². The van der Waals surface area contributed by atoms with Gasteiger partial charge in [-0.25, -0.2) is 9.37 Å². The molecule has 0 saturated carbocycles. The zero-order valence-corrected chi connectivity index (χ0v) is 12.0. The van der Waals surface area contributed by atoms with E-state index >= 15 is 0 Å². The Morgan fingerprint density at radius 2 is 1.90 bits per heavy atom. The number of anilines is 1. The minimum Gasteiger partial charge on any atom is -0.345 e. The van der Waals surface area contributed by atoms with E-state index in [1.54, 1.807) is 24.5 Å². The number of carbonyl (C=O) groups is 1. The molecule has 0 spiro atoms. The number of amides is 1. The second-order valence-corrected chi connectivity index (χ2v) is 5.15. The number of aromatic amines is 1. The quantitative estimate of drug-likeness (QED) is 0.740. The van der Waals surface area contributed by atoms with Crippen molar-refractivity contribution in [2.75, 3.05) is 5.32 Å². The summed E-state index contributed by atoms with van der Waals surface area (Å²) in [7, 11) is 0. The van der Waals surface area contributed by atoms with E-state index in [0.29, 0.717) is 5.56 Å². The molecule has 0 atom stereocenters. The van der Waals surface area contributed by atoms with Crippen LogP contribution in [-0.4, -0.2) is 15.9 Å². The van der Waals surface area contributed by atoms with Crippen LogP contribution >= 0.6 is 23.2 Å². The van der Waals surface area contributed by atoms with E-state index in [0.717, 1.165) is 23.2 Å². The first-order valence-electron chi connectivity index (χ1n) is 5.93. The third-order valence-electron chi connectivity index (χ3n) is 2.93. The summed E-state index contributed by atoms with van der Waals surface area (Å²) in [5, 5.41) is 2.65. The molecular formula is C14H8Cl2FN3O. The van der Waals surface area contributed by atoms with Crippen LogP contribution in [0.25, 0.3) is 11.0 Å². The summed E-state index contributed by atoms with van der Waals surface area (Å²) in [6, 6.07) is 7.17. The first-order chi connectivity index (χ1) is 10.0. The second-order valence-electron chi connectivity index (χ2n) is 4.33. The molecule has 4 nitrogen and oxygen atoms in total. The first kappa shape index (κ1) is 13.9. The third-order valence-corrected chi connectivity index (χ3v) is 3.52. The molecule has 0 aliphatic heterocycles. The lowest BCUT2D eigenvalue weighted by Crippen LogP contribution is -2.12. The maximum absolute atomic E-state index is 13.1. The van der Waals surface area contributed by atoms with Crippen LogP contribution in [0.15, 0.2) is 36.7 Å². The van der Waals surface area contributed by atoms with Gasteiger partial charge < -0.3 is 10.3 Å². The van der Waals surface area contributed by atoms with Crippen LogP contribution in [0.5, 0.6) is 0 Å². The second kappa shape index (κ2) is 5.35. The van der Waals surface area contributed by atoms with E-state index in [4.69, 9.17) is 23.2 Å². The average molecular weight is 324 g/mol. The van der Waals surface area contributed by atoms with Crippen LogP contribution in [-0.2, 0) is 0 Å². The van der Waals surface area contributed by atoms with Crippen LogP contribution in [0, 0.1) is 5.82 Å². The van der Waals surface area contributed by atoms with E-state index in [9.17, 15) is 9.18 Å². The van der Waals surface area contributed by atoms with Crippen LogP contribution in [0.4, 0.5) is 10.1 Å². The fourth-order valence-electron chi connectivity index (χ4n) is 1.92. The van der Waals surface area contributed by atoms with Crippen LogP contribution < -0.4 is 5.32 Å². The first-order valence-corrected chi connectivity index (χ1v) is 6.69. The molecule has 3 aromatic rings. The zero-order chi connectivity index (χ0) is 15.0. The van der Waals surface area contributed by atoms with E-state index in [1.807, 2.05) is 0 Å². The number of hydrogen-bond acceptors (Lipinski definition) is 2. The molecule has 1 heterocycles. The molecule has 1 amide bonds. The molecule has 7 heteroatoms. The fourth-order valence-corrected chi connectivity index (χ4v) is 2.48. The summed E-state index contributed by atoms with van der Waals surface area (Å²) < 4.78 is 13.1. The summed E-state index contributed by atoms with van der Waals surface area (Å²) in [6.45, 7) is 0. The summed E-state index contributed by atoms with van der Waals surface area (Å²) in [4.78, 5) is 19.2. The lowest BCUT2D eigenvalue weighted by molar-refractivity contribution is 0.102. The third kappa shape index (κ3) is 2.70. The van der Waals surface area contributed by atoms with Crippen molar-refractivity contribution in [1.82, 2.24) is 9.97 Å². The number of nitrogens with zero attached hydrogens (tertiary/aromatic N) is 1. The molecule has 2 aromatic carbocycles. The number of fused-ring (bicyclic) bond motifs is 1. The van der Waals surface area contributed by atoms with Gasteiger partial charge in [-0.15, -0.1) is 0 Å². The van der Waals surface area contributed by atoms with Crippen molar-refractivity contribution in [3.8, 4) is 0 Å². The largest absolute Gasteiger partial charge is 0.345 e. The van der Waals surface area contributed by atoms with Crippen LogP contribution in [0.1, 0.15) is 10.4 Å². The van der Waals surface area contributed by atoms with Crippen LogP contribution in [0.2, 0.25) is 10.0 Å². The van der Waals surface area contributed by atoms with Gasteiger partial charge in [-0.2, -0.15) is 0 Å². The number of H-pyrrole nitrogens is 1. The topological polar surface area (TPSA) is 57.8 Å². The van der Waals surface area contributed by atoms with Gasteiger partial charge in [0.1, 0.15) is 5.82 Å². The molecule has 3 rings (SSSR count). The molecule has 2 N–H and O–H groups in total. The van der Waals surface area contributed by atoms with Crippen molar-refractivity contribution >= 4 is 45.8 Å². The maximum atomic E-state index is 13.1. The van der Waals surface area contributed by atoms with E-state index < -0.39 is 11.7 Å². The highest BCUT2D eigenvalue weighted by molar-refractivity contribution is 6.40. The number of rotatable bonds is 2. The van der Waals surface area contributed by atoms with Gasteiger partial charge in [-0.3, -0.25) is 4.79 Å². The van der Waals surface area contributed by atoms with Crippen molar-refractivity contribution in [2.45, 2.75) is 0 Å². The number of halogens is 3. The molecule has 1 aromatic heterocycles. The van der Waals surface area contributed by atoms with Gasteiger partial charge in [0.25, 0.3) is 5.91 Å². The van der Waals surface area contributed by atoms with Crippen molar-refractivity contribution in [1.29, 1.82) is 0 Å². The van der Waals surface area contributed by atoms with Crippen LogP contribution in [0.3, 0.4) is 0 Å². The van der Waals surface area contributed by atoms with Gasteiger partial charge in [0.2, 0.25) is 0 Å². The minimum atomic E-state index is -0.568. The van der Waals surface area contributed by atoms with Crippen molar-refractivity contribution < 1.29 is 9.18 Å². The molecule has 106 valence electrons. The highest BCUT2D eigenvalue weighted by Gasteiger charge is 2.14. The summed E-state index contributed by atoms with van der Waals surface area (Å²) in [5.41, 5.74) is 2.07. The van der Waals surface area contributed by atoms with Gasteiger partial charge in [-0.1, -0.05) is 23.2 Å². The molecule has 0 unspecified atom stereocenters. The zero-order valence-electron chi connectivity index (χ0n) is 10.5. The normalized spacial score (nSPS) is 10.8. The van der Waals surface area contributed by atoms with Gasteiger partial charge in [-0.05, 0) is 30.3 Å². The molecular weight excluding hydrogens is 316 g/mol. The summed E-state index contributed by atoms with van der Waals surface area (Å²) >= 11 is 11.8. The van der Waals surface area contributed by atoms with Gasteiger partial charge in [0, 0.05) is 5.56 Å². The molecule has 0 bridgehead atoms. The van der Waals surface area contributed by atoms with Gasteiger partial charge in [0.05, 0.1) is 33.1 Å². The molecule has 0 aliphatic carbocycles. The summed E-state index contributed by atoms with van der Waals surface area (Å²) in [5.74, 6) is -0.969. The molecule has 21 heavy (non-hydrogen) atoms. The predicted octanol–water partition coefficient (Wildman–Crippen LogP) is 4.26.